The summed E-state index contributed by atoms with van der Waals surface area (Å²) in [5.41, 5.74) is 8.48. The van der Waals surface area contributed by atoms with E-state index in [1.165, 1.54) is 39.8 Å². The summed E-state index contributed by atoms with van der Waals surface area (Å²) in [6.07, 6.45) is 2.35. The summed E-state index contributed by atoms with van der Waals surface area (Å²) in [5, 5.41) is 0. The second-order valence-electron chi connectivity index (χ2n) is 7.87. The van der Waals surface area contributed by atoms with Gasteiger partial charge in [0, 0.05) is 0 Å². The van der Waals surface area contributed by atoms with Crippen LogP contribution in [0.2, 0.25) is 0 Å². The van der Waals surface area contributed by atoms with E-state index in [4.69, 9.17) is 0 Å². The lowest BCUT2D eigenvalue weighted by molar-refractivity contribution is 0.485. The molecule has 0 aromatic heterocycles. The number of allylic oxidation sites excluding steroid dienone is 2. The van der Waals surface area contributed by atoms with Crippen LogP contribution in [0.1, 0.15) is 105 Å². The Balaban J connectivity index is -0.000000422. The van der Waals surface area contributed by atoms with Crippen LogP contribution in [0.25, 0.3) is 5.57 Å². The average Bonchev–Trinajstić information content (AvgIpc) is 2.56. The molecular weight excluding hydrogens is 348 g/mol. The molecule has 1 unspecified atom stereocenters. The van der Waals surface area contributed by atoms with Crippen LogP contribution in [0.4, 0.5) is 0 Å². The maximum Gasteiger partial charge on any atom is -0.0141 e. The molecule has 2 aromatic carbocycles. The molecule has 0 spiro atoms. The Hall–Kier alpha value is -1.82. The molecule has 0 radical (unpaired) electrons. The van der Waals surface area contributed by atoms with Gasteiger partial charge in [0.15, 0.2) is 0 Å². The van der Waals surface area contributed by atoms with E-state index in [2.05, 4.69) is 104 Å². The van der Waals surface area contributed by atoms with E-state index in [1.54, 1.807) is 0 Å². The zero-order valence-corrected chi connectivity index (χ0v) is 18.2. The fraction of sp³-hybridized carbons (Fsp3) is 0.517. The van der Waals surface area contributed by atoms with Crippen LogP contribution >= 0.6 is 0 Å². The molecule has 0 saturated carbocycles. The SMILES string of the molecule is C.C.C.CCC(=C(C)C)c1cccc(C)c1.CCC(c1cccc(C)c1)C(C)C. The summed E-state index contributed by atoms with van der Waals surface area (Å²) in [6, 6.07) is 17.6. The molecule has 0 bridgehead atoms. The molecule has 1 atom stereocenters. The van der Waals surface area contributed by atoms with Crippen molar-refractivity contribution >= 4 is 5.57 Å². The summed E-state index contributed by atoms with van der Waals surface area (Å²) in [5.74, 6) is 1.46. The fourth-order valence-electron chi connectivity index (χ4n) is 3.67. The quantitative estimate of drug-likeness (QED) is 0.470. The third-order valence-corrected chi connectivity index (χ3v) is 5.04. The molecule has 2 rings (SSSR count). The van der Waals surface area contributed by atoms with Crippen molar-refractivity contribution < 1.29 is 0 Å². The van der Waals surface area contributed by atoms with Crippen LogP contribution in [0, 0.1) is 19.8 Å². The number of benzene rings is 2. The molecule has 0 heterocycles. The van der Waals surface area contributed by atoms with Crippen LogP contribution in [0.3, 0.4) is 0 Å². The highest BCUT2D eigenvalue weighted by molar-refractivity contribution is 5.68. The highest BCUT2D eigenvalue weighted by atomic mass is 14.2. The van der Waals surface area contributed by atoms with Gasteiger partial charge in [-0.2, -0.15) is 0 Å². The van der Waals surface area contributed by atoms with Crippen molar-refractivity contribution in [1.82, 2.24) is 0 Å². The number of hydrogen-bond donors (Lipinski definition) is 0. The van der Waals surface area contributed by atoms with E-state index in [0.29, 0.717) is 0 Å². The first-order valence-electron chi connectivity index (χ1n) is 10.1. The zero-order valence-electron chi connectivity index (χ0n) is 18.2. The standard InChI is InChI=1S/C13H20.C13H18.3CH4/c2*1-5-13(10(2)3)12-8-6-7-11(4)9-12;;;/h6-10,13H,5H2,1-4H3;6-9H,5H2,1-4H3;3*1H4. The summed E-state index contributed by atoms with van der Waals surface area (Å²) in [4.78, 5) is 0. The van der Waals surface area contributed by atoms with Crippen LogP contribution in [-0.4, -0.2) is 0 Å². The van der Waals surface area contributed by atoms with Crippen molar-refractivity contribution in [1.29, 1.82) is 0 Å². The molecule has 0 aliphatic carbocycles. The van der Waals surface area contributed by atoms with Gasteiger partial charge >= 0.3 is 0 Å². The monoisotopic (exact) mass is 398 g/mol. The van der Waals surface area contributed by atoms with Crippen molar-refractivity contribution in [2.45, 2.75) is 96.4 Å². The Morgan fingerprint density at radius 2 is 1.31 bits per heavy atom. The van der Waals surface area contributed by atoms with Crippen LogP contribution < -0.4 is 0 Å². The molecular formula is C29H50. The summed E-state index contributed by atoms with van der Waals surface area (Å²) >= 11 is 0. The molecule has 0 nitrogen and oxygen atoms in total. The van der Waals surface area contributed by atoms with Gasteiger partial charge in [0.25, 0.3) is 0 Å². The topological polar surface area (TPSA) is 0 Å². The predicted molar refractivity (Wildman–Crippen MR) is 139 cm³/mol. The van der Waals surface area contributed by atoms with Crippen LogP contribution in [0.15, 0.2) is 54.1 Å². The van der Waals surface area contributed by atoms with Gasteiger partial charge in [0.05, 0.1) is 0 Å². The molecule has 2 aromatic rings. The van der Waals surface area contributed by atoms with Crippen molar-refractivity contribution in [3.8, 4) is 0 Å². The second-order valence-corrected chi connectivity index (χ2v) is 7.87. The molecule has 29 heavy (non-hydrogen) atoms. The number of hydrogen-bond acceptors (Lipinski definition) is 0. The van der Waals surface area contributed by atoms with Crippen molar-refractivity contribution in [2.75, 3.05) is 0 Å². The number of aryl methyl sites for hydroxylation is 2. The first kappa shape index (κ1) is 31.9. The minimum Gasteiger partial charge on any atom is -0.0776 e. The predicted octanol–water partition coefficient (Wildman–Crippen LogP) is 10.3. The highest BCUT2D eigenvalue weighted by Crippen LogP contribution is 2.27. The van der Waals surface area contributed by atoms with Crippen molar-refractivity contribution in [3.63, 3.8) is 0 Å². The molecule has 0 saturated heterocycles. The highest BCUT2D eigenvalue weighted by Gasteiger charge is 2.12. The van der Waals surface area contributed by atoms with Crippen LogP contribution in [0.5, 0.6) is 0 Å². The lowest BCUT2D eigenvalue weighted by Crippen LogP contribution is -2.05. The maximum atomic E-state index is 2.31. The Labute approximate surface area is 184 Å². The third kappa shape index (κ3) is 10.5. The molecule has 166 valence electrons. The van der Waals surface area contributed by atoms with Gasteiger partial charge in [0.2, 0.25) is 0 Å². The van der Waals surface area contributed by atoms with Crippen LogP contribution in [-0.2, 0) is 0 Å². The van der Waals surface area contributed by atoms with E-state index >= 15 is 0 Å². The molecule has 0 aliphatic heterocycles. The van der Waals surface area contributed by atoms with Gasteiger partial charge in [-0.3, -0.25) is 0 Å². The molecule has 0 amide bonds. The molecule has 0 N–H and O–H groups in total. The van der Waals surface area contributed by atoms with E-state index in [-0.39, 0.29) is 22.3 Å². The minimum absolute atomic E-state index is 0. The van der Waals surface area contributed by atoms with E-state index in [1.807, 2.05) is 0 Å². The Morgan fingerprint density at radius 3 is 1.69 bits per heavy atom. The summed E-state index contributed by atoms with van der Waals surface area (Å²) in [6.45, 7) is 17.8. The fourth-order valence-corrected chi connectivity index (χ4v) is 3.67. The van der Waals surface area contributed by atoms with Gasteiger partial charge in [-0.1, -0.05) is 115 Å². The molecule has 0 aliphatic rings. The molecule has 0 heteroatoms. The first-order chi connectivity index (χ1) is 12.3. The average molecular weight is 399 g/mol. The van der Waals surface area contributed by atoms with Gasteiger partial charge in [-0.05, 0) is 69.1 Å². The Kier molecular flexibility index (Phi) is 17.6. The lowest BCUT2D eigenvalue weighted by Gasteiger charge is -2.19. The third-order valence-electron chi connectivity index (χ3n) is 5.04. The first-order valence-corrected chi connectivity index (χ1v) is 10.1. The zero-order chi connectivity index (χ0) is 19.7. The van der Waals surface area contributed by atoms with E-state index in [0.717, 1.165) is 18.3 Å². The second kappa shape index (κ2) is 16.0. The van der Waals surface area contributed by atoms with Gasteiger partial charge in [0.1, 0.15) is 0 Å². The number of rotatable bonds is 5. The van der Waals surface area contributed by atoms with E-state index < -0.39 is 0 Å². The maximum absolute atomic E-state index is 2.31. The summed E-state index contributed by atoms with van der Waals surface area (Å²) < 4.78 is 0. The van der Waals surface area contributed by atoms with Gasteiger partial charge in [-0.15, -0.1) is 0 Å². The molecule has 0 fully saturated rings. The van der Waals surface area contributed by atoms with Crippen molar-refractivity contribution in [2.24, 2.45) is 5.92 Å². The van der Waals surface area contributed by atoms with Crippen molar-refractivity contribution in [3.05, 3.63) is 76.4 Å². The smallest absolute Gasteiger partial charge is 0.0141 e. The minimum atomic E-state index is 0. The largest absolute Gasteiger partial charge is 0.0776 e. The van der Waals surface area contributed by atoms with Gasteiger partial charge < -0.3 is 0 Å². The lowest BCUT2D eigenvalue weighted by atomic mass is 9.86. The van der Waals surface area contributed by atoms with Gasteiger partial charge in [-0.25, -0.2) is 0 Å². The Morgan fingerprint density at radius 1 is 0.793 bits per heavy atom. The van der Waals surface area contributed by atoms with E-state index in [9.17, 15) is 0 Å². The summed E-state index contributed by atoms with van der Waals surface area (Å²) in [7, 11) is 0. The normalized spacial score (nSPS) is 10.4. The Bertz CT molecular complexity index is 699.